The lowest BCUT2D eigenvalue weighted by Gasteiger charge is -2.17. The van der Waals surface area contributed by atoms with E-state index < -0.39 is 0 Å². The summed E-state index contributed by atoms with van der Waals surface area (Å²) in [5, 5.41) is 6.85. The van der Waals surface area contributed by atoms with Crippen molar-refractivity contribution in [3.63, 3.8) is 0 Å². The van der Waals surface area contributed by atoms with E-state index in [1.165, 1.54) is 28.4 Å². The summed E-state index contributed by atoms with van der Waals surface area (Å²) in [5.41, 5.74) is 1.09. The second-order valence-electron chi connectivity index (χ2n) is 6.49. The summed E-state index contributed by atoms with van der Waals surface area (Å²) in [7, 11) is 1.82. The van der Waals surface area contributed by atoms with Gasteiger partial charge < -0.3 is 15.2 Å². The zero-order valence-corrected chi connectivity index (χ0v) is 18.4. The number of aliphatic imine (C=N–C) groups is 1. The monoisotopic (exact) mass is 473 g/mol. The van der Waals surface area contributed by atoms with Crippen LogP contribution in [0.5, 0.6) is 0 Å². The molecule has 0 spiro atoms. The zero-order chi connectivity index (χ0) is 16.9. The number of aromatic nitrogens is 2. The van der Waals surface area contributed by atoms with Crippen molar-refractivity contribution >= 4 is 41.3 Å². The number of fused-ring (bicyclic) bond motifs is 1. The van der Waals surface area contributed by atoms with Gasteiger partial charge in [0.1, 0.15) is 5.82 Å². The Morgan fingerprint density at radius 1 is 1.40 bits per heavy atom. The largest absolute Gasteiger partial charge is 0.354 e. The van der Waals surface area contributed by atoms with Gasteiger partial charge in [-0.25, -0.2) is 4.98 Å². The van der Waals surface area contributed by atoms with Crippen molar-refractivity contribution in [2.24, 2.45) is 4.99 Å². The van der Waals surface area contributed by atoms with Crippen LogP contribution in [0.3, 0.4) is 0 Å². The van der Waals surface area contributed by atoms with Gasteiger partial charge in [0.15, 0.2) is 5.96 Å². The van der Waals surface area contributed by atoms with Gasteiger partial charge in [-0.3, -0.25) is 4.99 Å². The van der Waals surface area contributed by atoms with E-state index in [9.17, 15) is 0 Å². The first kappa shape index (κ1) is 20.2. The summed E-state index contributed by atoms with van der Waals surface area (Å²) in [4.78, 5) is 11.8. The molecule has 5 nitrogen and oxygen atoms in total. The molecular weight excluding hydrogens is 445 g/mol. The van der Waals surface area contributed by atoms with Crippen LogP contribution >= 0.6 is 35.3 Å². The Labute approximate surface area is 171 Å². The first-order valence-electron chi connectivity index (χ1n) is 8.71. The van der Waals surface area contributed by atoms with Crippen LogP contribution in [0.15, 0.2) is 23.3 Å². The highest BCUT2D eigenvalue weighted by Gasteiger charge is 2.13. The third kappa shape index (κ3) is 5.70. The third-order valence-electron chi connectivity index (χ3n) is 4.31. The van der Waals surface area contributed by atoms with Crippen LogP contribution in [-0.4, -0.2) is 28.6 Å². The van der Waals surface area contributed by atoms with E-state index in [1.807, 2.05) is 18.4 Å². The smallest absolute Gasteiger partial charge is 0.191 e. The molecule has 0 aromatic carbocycles. The van der Waals surface area contributed by atoms with Crippen LogP contribution in [0.1, 0.15) is 41.0 Å². The number of nitrogens with one attached hydrogen (secondary N) is 2. The van der Waals surface area contributed by atoms with E-state index in [0.29, 0.717) is 12.6 Å². The fraction of sp³-hybridized carbons (Fsp3) is 0.556. The van der Waals surface area contributed by atoms with E-state index in [0.717, 1.165) is 31.0 Å². The maximum absolute atomic E-state index is 4.73. The number of rotatable bonds is 5. The van der Waals surface area contributed by atoms with Crippen molar-refractivity contribution in [3.8, 4) is 0 Å². The molecule has 0 amide bonds. The number of thiophene rings is 1. The van der Waals surface area contributed by atoms with Gasteiger partial charge in [0, 0.05) is 48.4 Å². The maximum Gasteiger partial charge on any atom is 0.191 e. The minimum atomic E-state index is 0. The van der Waals surface area contributed by atoms with Crippen LogP contribution < -0.4 is 10.6 Å². The van der Waals surface area contributed by atoms with Crippen molar-refractivity contribution in [2.45, 2.75) is 58.7 Å². The molecule has 3 heterocycles. The minimum Gasteiger partial charge on any atom is -0.354 e. The number of hydrogen-bond donors (Lipinski definition) is 2. The Morgan fingerprint density at radius 2 is 2.24 bits per heavy atom. The van der Waals surface area contributed by atoms with E-state index in [1.54, 1.807) is 0 Å². The fourth-order valence-corrected chi connectivity index (χ4v) is 4.13. The Balaban J connectivity index is 0.00000225. The predicted molar refractivity (Wildman–Crippen MR) is 116 cm³/mol. The summed E-state index contributed by atoms with van der Waals surface area (Å²) in [6, 6.07) is 4.73. The molecule has 2 N–H and O–H groups in total. The van der Waals surface area contributed by atoms with Crippen molar-refractivity contribution in [1.82, 2.24) is 20.2 Å². The summed E-state index contributed by atoms with van der Waals surface area (Å²) >= 11 is 1.86. The van der Waals surface area contributed by atoms with Gasteiger partial charge in [0.2, 0.25) is 0 Å². The first-order valence-corrected chi connectivity index (χ1v) is 9.53. The summed E-state index contributed by atoms with van der Waals surface area (Å²) in [6.45, 7) is 6.16. The topological polar surface area (TPSA) is 54.2 Å². The number of halogens is 1. The molecule has 1 aliphatic heterocycles. The molecule has 2 aromatic heterocycles. The van der Waals surface area contributed by atoms with E-state index in [2.05, 4.69) is 52.4 Å². The number of guanidine groups is 1. The highest BCUT2D eigenvalue weighted by molar-refractivity contribution is 14.0. The van der Waals surface area contributed by atoms with Gasteiger partial charge in [-0.05, 0) is 38.8 Å². The summed E-state index contributed by atoms with van der Waals surface area (Å²) < 4.78 is 2.29. The van der Waals surface area contributed by atoms with Crippen molar-refractivity contribution in [2.75, 3.05) is 7.05 Å². The molecular formula is C18H28IN5S. The van der Waals surface area contributed by atoms with Gasteiger partial charge in [0.05, 0.1) is 12.2 Å². The molecule has 25 heavy (non-hydrogen) atoms. The van der Waals surface area contributed by atoms with E-state index in [-0.39, 0.29) is 24.0 Å². The molecule has 7 heteroatoms. The quantitative estimate of drug-likeness (QED) is 0.397. The molecule has 1 unspecified atom stereocenters. The van der Waals surface area contributed by atoms with Crippen molar-refractivity contribution in [1.29, 1.82) is 0 Å². The molecule has 0 fully saturated rings. The van der Waals surface area contributed by atoms with Gasteiger partial charge in [0.25, 0.3) is 0 Å². The average molecular weight is 473 g/mol. The molecule has 0 aliphatic carbocycles. The minimum absolute atomic E-state index is 0. The summed E-state index contributed by atoms with van der Waals surface area (Å²) in [6.07, 6.45) is 6.81. The van der Waals surface area contributed by atoms with Crippen LogP contribution in [0.4, 0.5) is 0 Å². The Morgan fingerprint density at radius 3 is 2.92 bits per heavy atom. The number of imidazole rings is 1. The lowest BCUT2D eigenvalue weighted by atomic mass is 10.2. The average Bonchev–Trinajstić information content (AvgIpc) is 3.16. The lowest BCUT2D eigenvalue weighted by molar-refractivity contribution is 0.522. The first-order chi connectivity index (χ1) is 11.6. The normalized spacial score (nSPS) is 15.2. The number of aryl methyl sites for hydroxylation is 3. The van der Waals surface area contributed by atoms with E-state index >= 15 is 0 Å². The Kier molecular flexibility index (Phi) is 7.74. The van der Waals surface area contributed by atoms with Crippen LogP contribution in [0.25, 0.3) is 0 Å². The van der Waals surface area contributed by atoms with Crippen LogP contribution in [0, 0.1) is 6.92 Å². The molecule has 1 aliphatic rings. The van der Waals surface area contributed by atoms with E-state index in [4.69, 9.17) is 4.98 Å². The second-order valence-corrected chi connectivity index (χ2v) is 7.86. The number of hydrogen-bond acceptors (Lipinski definition) is 3. The van der Waals surface area contributed by atoms with Crippen molar-refractivity contribution < 1.29 is 0 Å². The van der Waals surface area contributed by atoms with Crippen LogP contribution in [0.2, 0.25) is 0 Å². The Hall–Kier alpha value is -1.09. The maximum atomic E-state index is 4.73. The van der Waals surface area contributed by atoms with Gasteiger partial charge >= 0.3 is 0 Å². The summed E-state index contributed by atoms with van der Waals surface area (Å²) in [5.74, 6) is 2.06. The highest BCUT2D eigenvalue weighted by atomic mass is 127. The van der Waals surface area contributed by atoms with Gasteiger partial charge in [-0.2, -0.15) is 0 Å². The Bertz CT molecular complexity index is 683. The molecule has 0 radical (unpaired) electrons. The second kappa shape index (κ2) is 9.56. The molecule has 2 aromatic rings. The third-order valence-corrected chi connectivity index (χ3v) is 5.33. The van der Waals surface area contributed by atoms with Gasteiger partial charge in [-0.15, -0.1) is 35.3 Å². The predicted octanol–water partition coefficient (Wildman–Crippen LogP) is 3.50. The molecule has 0 saturated carbocycles. The molecule has 1 atom stereocenters. The van der Waals surface area contributed by atoms with Gasteiger partial charge in [-0.1, -0.05) is 0 Å². The molecule has 0 saturated heterocycles. The number of nitrogens with zero attached hydrogens (tertiary/aromatic N) is 3. The standard InChI is InChI=1S/C18H27N5S.HI/c1-13(10-16-8-7-14(2)24-16)21-18(19-3)20-11-15-12-23-9-5-4-6-17(23)22-15;/h7-8,12-13H,4-6,9-11H2,1-3H3,(H2,19,20,21);1H. The SMILES string of the molecule is CN=C(NCc1cn2c(n1)CCCC2)NC(C)Cc1ccc(C)s1.I. The molecule has 138 valence electrons. The molecule has 0 bridgehead atoms. The molecule has 3 rings (SSSR count). The zero-order valence-electron chi connectivity index (χ0n) is 15.2. The fourth-order valence-electron chi connectivity index (χ4n) is 3.11. The van der Waals surface area contributed by atoms with Crippen molar-refractivity contribution in [3.05, 3.63) is 39.6 Å². The van der Waals surface area contributed by atoms with Crippen LogP contribution in [-0.2, 0) is 25.9 Å². The lowest BCUT2D eigenvalue weighted by Crippen LogP contribution is -2.42. The highest BCUT2D eigenvalue weighted by Crippen LogP contribution is 2.17.